The Morgan fingerprint density at radius 3 is 2.08 bits per heavy atom. The second-order valence-corrected chi connectivity index (χ2v) is 4.93. The van der Waals surface area contributed by atoms with Crippen LogP contribution in [0.3, 0.4) is 0 Å². The number of anilines is 1. The molecule has 3 nitrogen and oxygen atoms in total. The molecule has 2 aromatic rings. The number of hydrogen-bond donors (Lipinski definition) is 1. The number of hydrogen-bond acceptors (Lipinski definition) is 2. The van der Waals surface area contributed by atoms with Crippen molar-refractivity contribution in [2.24, 2.45) is 0 Å². The highest BCUT2D eigenvalue weighted by molar-refractivity contribution is 6.05. The molecular formula is C16H11F6NO2. The van der Waals surface area contributed by atoms with Crippen molar-refractivity contribution < 1.29 is 35.9 Å². The Hall–Kier alpha value is -2.71. The number of rotatable bonds is 4. The Morgan fingerprint density at radius 1 is 0.920 bits per heavy atom. The Kier molecular flexibility index (Phi) is 5.24. The van der Waals surface area contributed by atoms with Crippen LogP contribution in [0.2, 0.25) is 0 Å². The van der Waals surface area contributed by atoms with Gasteiger partial charge in [0.05, 0.1) is 11.1 Å². The zero-order valence-corrected chi connectivity index (χ0v) is 12.4. The number of amides is 1. The van der Waals surface area contributed by atoms with E-state index in [-0.39, 0.29) is 11.4 Å². The number of halogens is 6. The summed E-state index contributed by atoms with van der Waals surface area (Å²) < 4.78 is 79.3. The minimum Gasteiger partial charge on any atom is -0.484 e. The molecule has 1 N–H and O–H groups in total. The van der Waals surface area contributed by atoms with Crippen molar-refractivity contribution in [3.63, 3.8) is 0 Å². The highest BCUT2D eigenvalue weighted by atomic mass is 19.4. The summed E-state index contributed by atoms with van der Waals surface area (Å²) in [4.78, 5) is 12.0. The number of benzene rings is 2. The molecule has 134 valence electrons. The van der Waals surface area contributed by atoms with E-state index >= 15 is 0 Å². The van der Waals surface area contributed by atoms with Crippen LogP contribution < -0.4 is 10.1 Å². The molecule has 0 aliphatic rings. The normalized spacial score (nSPS) is 11.9. The molecule has 2 rings (SSSR count). The molecule has 0 radical (unpaired) electrons. The van der Waals surface area contributed by atoms with E-state index in [1.54, 1.807) is 0 Å². The Morgan fingerprint density at radius 2 is 1.52 bits per heavy atom. The standard InChI is InChI=1S/C16H11F6NO2/c17-15(18,19)9-25-11-7-5-10(6-8-11)23-14(24)12-3-1-2-4-13(12)16(20,21)22/h1-8H,9H2,(H,23,24). The van der Waals surface area contributed by atoms with Gasteiger partial charge >= 0.3 is 12.4 Å². The van der Waals surface area contributed by atoms with E-state index in [0.29, 0.717) is 0 Å². The van der Waals surface area contributed by atoms with Crippen molar-refractivity contribution >= 4 is 11.6 Å². The predicted molar refractivity (Wildman–Crippen MR) is 77.4 cm³/mol. The van der Waals surface area contributed by atoms with Gasteiger partial charge in [-0.3, -0.25) is 4.79 Å². The molecule has 0 atom stereocenters. The Bertz CT molecular complexity index is 738. The molecule has 0 aromatic heterocycles. The summed E-state index contributed by atoms with van der Waals surface area (Å²) in [7, 11) is 0. The van der Waals surface area contributed by atoms with E-state index in [1.165, 1.54) is 18.2 Å². The summed E-state index contributed by atoms with van der Waals surface area (Å²) in [5.74, 6) is -1.08. The van der Waals surface area contributed by atoms with Crippen LogP contribution in [-0.2, 0) is 6.18 Å². The van der Waals surface area contributed by atoms with Gasteiger partial charge in [0.15, 0.2) is 6.61 Å². The molecule has 0 saturated carbocycles. The first-order chi connectivity index (χ1) is 11.6. The number of carbonyl (C=O) groups is 1. The maximum atomic E-state index is 12.9. The smallest absolute Gasteiger partial charge is 0.422 e. The summed E-state index contributed by atoms with van der Waals surface area (Å²) in [6, 6.07) is 9.03. The second kappa shape index (κ2) is 7.04. The van der Waals surface area contributed by atoms with Gasteiger partial charge in [0, 0.05) is 5.69 Å². The minimum absolute atomic E-state index is 0.0917. The third-order valence-corrected chi connectivity index (χ3v) is 2.99. The zero-order valence-electron chi connectivity index (χ0n) is 12.4. The lowest BCUT2D eigenvalue weighted by Crippen LogP contribution is -2.19. The van der Waals surface area contributed by atoms with Gasteiger partial charge in [0.1, 0.15) is 5.75 Å². The lowest BCUT2D eigenvalue weighted by atomic mass is 10.1. The maximum Gasteiger partial charge on any atom is 0.422 e. The first kappa shape index (κ1) is 18.6. The Balaban J connectivity index is 2.09. The average Bonchev–Trinajstić information content (AvgIpc) is 2.52. The van der Waals surface area contributed by atoms with Crippen molar-refractivity contribution in [3.05, 3.63) is 59.7 Å². The second-order valence-electron chi connectivity index (χ2n) is 4.93. The lowest BCUT2D eigenvalue weighted by molar-refractivity contribution is -0.153. The fraction of sp³-hybridized carbons (Fsp3) is 0.188. The fourth-order valence-corrected chi connectivity index (χ4v) is 1.93. The van der Waals surface area contributed by atoms with Gasteiger partial charge in [-0.1, -0.05) is 12.1 Å². The van der Waals surface area contributed by atoms with Crippen LogP contribution >= 0.6 is 0 Å². The lowest BCUT2D eigenvalue weighted by Gasteiger charge is -2.13. The molecule has 0 aliphatic carbocycles. The maximum absolute atomic E-state index is 12.9. The van der Waals surface area contributed by atoms with E-state index in [2.05, 4.69) is 10.1 Å². The van der Waals surface area contributed by atoms with Gasteiger partial charge in [0.25, 0.3) is 5.91 Å². The van der Waals surface area contributed by atoms with E-state index in [0.717, 1.165) is 30.3 Å². The number of carbonyl (C=O) groups excluding carboxylic acids is 1. The zero-order chi connectivity index (χ0) is 18.7. The molecule has 2 aromatic carbocycles. The van der Waals surface area contributed by atoms with E-state index in [9.17, 15) is 31.1 Å². The summed E-state index contributed by atoms with van der Waals surface area (Å²) in [5.41, 5.74) is -1.54. The molecule has 0 spiro atoms. The molecule has 25 heavy (non-hydrogen) atoms. The Labute approximate surface area is 138 Å². The van der Waals surface area contributed by atoms with E-state index in [4.69, 9.17) is 0 Å². The fourth-order valence-electron chi connectivity index (χ4n) is 1.93. The summed E-state index contributed by atoms with van der Waals surface area (Å²) >= 11 is 0. The van der Waals surface area contributed by atoms with Gasteiger partial charge in [-0.2, -0.15) is 26.3 Å². The van der Waals surface area contributed by atoms with Crippen LogP contribution in [0.4, 0.5) is 32.0 Å². The number of nitrogens with one attached hydrogen (secondary N) is 1. The van der Waals surface area contributed by atoms with Gasteiger partial charge < -0.3 is 10.1 Å². The highest BCUT2D eigenvalue weighted by Gasteiger charge is 2.34. The third-order valence-electron chi connectivity index (χ3n) is 2.99. The van der Waals surface area contributed by atoms with Crippen molar-refractivity contribution in [1.82, 2.24) is 0 Å². The average molecular weight is 363 g/mol. The largest absolute Gasteiger partial charge is 0.484 e. The molecule has 0 bridgehead atoms. The van der Waals surface area contributed by atoms with Gasteiger partial charge in [-0.15, -0.1) is 0 Å². The summed E-state index contributed by atoms with van der Waals surface area (Å²) in [5, 5.41) is 2.25. The van der Waals surface area contributed by atoms with Crippen LogP contribution in [0, 0.1) is 0 Å². The minimum atomic E-state index is -4.69. The van der Waals surface area contributed by atoms with Gasteiger partial charge in [-0.25, -0.2) is 0 Å². The molecule has 0 unspecified atom stereocenters. The van der Waals surface area contributed by atoms with Crippen LogP contribution in [0.5, 0.6) is 5.75 Å². The van der Waals surface area contributed by atoms with Crippen LogP contribution in [-0.4, -0.2) is 18.7 Å². The molecule has 0 heterocycles. The SMILES string of the molecule is O=C(Nc1ccc(OCC(F)(F)F)cc1)c1ccccc1C(F)(F)F. The topological polar surface area (TPSA) is 38.3 Å². The molecule has 0 aliphatic heterocycles. The predicted octanol–water partition coefficient (Wildman–Crippen LogP) is 4.90. The van der Waals surface area contributed by atoms with Gasteiger partial charge in [0.2, 0.25) is 0 Å². The van der Waals surface area contributed by atoms with Crippen LogP contribution in [0.1, 0.15) is 15.9 Å². The van der Waals surface area contributed by atoms with E-state index < -0.39 is 36.0 Å². The van der Waals surface area contributed by atoms with Crippen molar-refractivity contribution in [3.8, 4) is 5.75 Å². The first-order valence-electron chi connectivity index (χ1n) is 6.83. The third kappa shape index (κ3) is 5.40. The molecular weight excluding hydrogens is 352 g/mol. The van der Waals surface area contributed by atoms with Crippen LogP contribution in [0.25, 0.3) is 0 Å². The van der Waals surface area contributed by atoms with Gasteiger partial charge in [-0.05, 0) is 36.4 Å². The summed E-state index contributed by atoms with van der Waals surface area (Å²) in [6.07, 6.45) is -9.18. The number of alkyl halides is 6. The monoisotopic (exact) mass is 363 g/mol. The molecule has 0 fully saturated rings. The molecule has 9 heteroatoms. The summed E-state index contributed by atoms with van der Waals surface area (Å²) in [6.45, 7) is -1.47. The van der Waals surface area contributed by atoms with E-state index in [1.807, 2.05) is 0 Å². The van der Waals surface area contributed by atoms with Crippen molar-refractivity contribution in [2.75, 3.05) is 11.9 Å². The molecule has 0 saturated heterocycles. The quantitative estimate of drug-likeness (QED) is 0.785. The number of ether oxygens (including phenoxy) is 1. The van der Waals surface area contributed by atoms with Crippen molar-refractivity contribution in [1.29, 1.82) is 0 Å². The van der Waals surface area contributed by atoms with Crippen molar-refractivity contribution in [2.45, 2.75) is 12.4 Å². The van der Waals surface area contributed by atoms with Crippen LogP contribution in [0.15, 0.2) is 48.5 Å². The molecule has 1 amide bonds. The highest BCUT2D eigenvalue weighted by Crippen LogP contribution is 2.32. The first-order valence-corrected chi connectivity index (χ1v) is 6.83.